The highest BCUT2D eigenvalue weighted by molar-refractivity contribution is 7.89. The van der Waals surface area contributed by atoms with Crippen LogP contribution in [0.25, 0.3) is 0 Å². The molecule has 2 fully saturated rings. The summed E-state index contributed by atoms with van der Waals surface area (Å²) in [5.74, 6) is 2.88. The van der Waals surface area contributed by atoms with E-state index in [-0.39, 0.29) is 11.5 Å². The number of hydrogen-bond donors (Lipinski definition) is 1. The van der Waals surface area contributed by atoms with Crippen LogP contribution in [0.5, 0.6) is 11.5 Å². The topological polar surface area (TPSA) is 102 Å². The van der Waals surface area contributed by atoms with Crippen LogP contribution in [0.2, 0.25) is 0 Å². The van der Waals surface area contributed by atoms with Crippen LogP contribution >= 0.6 is 0 Å². The second-order valence-corrected chi connectivity index (χ2v) is 11.0. The Kier molecular flexibility index (Phi) is 7.85. The lowest BCUT2D eigenvalue weighted by molar-refractivity contribution is 0.188. The lowest BCUT2D eigenvalue weighted by atomic mass is 10.3. The maximum atomic E-state index is 13.2. The SMILES string of the molecule is O=S(=O)(c1ccc(Oc2ccccc2)cc1)N1CCN(c2ccc(N3CCN(CCO)CC3)nn2)CC1. The van der Waals surface area contributed by atoms with Crippen molar-refractivity contribution in [2.75, 3.05) is 75.3 Å². The Hall–Kier alpha value is -3.25. The Morgan fingerprint density at radius 3 is 1.78 bits per heavy atom. The molecule has 0 radical (unpaired) electrons. The fourth-order valence-electron chi connectivity index (χ4n) is 4.61. The standard InChI is InChI=1S/C26H32N6O4S/c33-21-20-29-12-14-30(15-13-29)25-10-11-26(28-27-25)31-16-18-32(19-17-31)37(34,35)24-8-6-23(7-9-24)36-22-4-2-1-3-5-22/h1-11,33H,12-21H2. The summed E-state index contributed by atoms with van der Waals surface area (Å²) in [7, 11) is -3.60. The van der Waals surface area contributed by atoms with Crippen molar-refractivity contribution in [3.05, 3.63) is 66.7 Å². The van der Waals surface area contributed by atoms with Gasteiger partial charge < -0.3 is 19.6 Å². The van der Waals surface area contributed by atoms with E-state index in [0.29, 0.717) is 44.2 Å². The smallest absolute Gasteiger partial charge is 0.243 e. The van der Waals surface area contributed by atoms with Gasteiger partial charge in [-0.05, 0) is 48.5 Å². The van der Waals surface area contributed by atoms with Gasteiger partial charge in [0.1, 0.15) is 11.5 Å². The van der Waals surface area contributed by atoms with E-state index >= 15 is 0 Å². The number of aliphatic hydroxyl groups excluding tert-OH is 1. The highest BCUT2D eigenvalue weighted by Crippen LogP contribution is 2.25. The molecule has 2 saturated heterocycles. The molecule has 3 heterocycles. The van der Waals surface area contributed by atoms with Gasteiger partial charge in [-0.15, -0.1) is 10.2 Å². The van der Waals surface area contributed by atoms with Crippen molar-refractivity contribution < 1.29 is 18.3 Å². The molecule has 0 spiro atoms. The fourth-order valence-corrected chi connectivity index (χ4v) is 6.03. The van der Waals surface area contributed by atoms with E-state index in [1.165, 1.54) is 4.31 Å². The largest absolute Gasteiger partial charge is 0.457 e. The summed E-state index contributed by atoms with van der Waals surface area (Å²) in [6.07, 6.45) is 0. The predicted octanol–water partition coefficient (Wildman–Crippen LogP) is 1.89. The first-order valence-electron chi connectivity index (χ1n) is 12.5. The third kappa shape index (κ3) is 6.02. The number of hydrogen-bond acceptors (Lipinski definition) is 9. The number of anilines is 2. The number of ether oxygens (including phenoxy) is 1. The van der Waals surface area contributed by atoms with Crippen LogP contribution in [0.1, 0.15) is 0 Å². The van der Waals surface area contributed by atoms with Crippen LogP contribution in [0.3, 0.4) is 0 Å². The van der Waals surface area contributed by atoms with E-state index in [4.69, 9.17) is 9.84 Å². The van der Waals surface area contributed by atoms with E-state index in [9.17, 15) is 8.42 Å². The Labute approximate surface area is 217 Å². The molecule has 0 bridgehead atoms. The van der Waals surface area contributed by atoms with Crippen LogP contribution in [0.15, 0.2) is 71.6 Å². The third-order valence-corrected chi connectivity index (χ3v) is 8.66. The molecule has 1 aromatic heterocycles. The molecule has 37 heavy (non-hydrogen) atoms. The summed E-state index contributed by atoms with van der Waals surface area (Å²) in [5, 5.41) is 18.0. The van der Waals surface area contributed by atoms with Gasteiger partial charge in [0, 0.05) is 58.9 Å². The molecule has 0 amide bonds. The zero-order valence-electron chi connectivity index (χ0n) is 20.7. The van der Waals surface area contributed by atoms with Gasteiger partial charge in [0.05, 0.1) is 11.5 Å². The Morgan fingerprint density at radius 1 is 0.703 bits per heavy atom. The highest BCUT2D eigenvalue weighted by Gasteiger charge is 2.29. The number of rotatable bonds is 8. The molecule has 1 N–H and O–H groups in total. The highest BCUT2D eigenvalue weighted by atomic mass is 32.2. The predicted molar refractivity (Wildman–Crippen MR) is 142 cm³/mol. The molecular formula is C26H32N6O4S. The van der Waals surface area contributed by atoms with E-state index in [0.717, 1.165) is 37.8 Å². The number of benzene rings is 2. The number of nitrogens with zero attached hydrogens (tertiary/aromatic N) is 6. The molecule has 3 aromatic rings. The summed E-state index contributed by atoms with van der Waals surface area (Å²) in [6.45, 7) is 6.21. The van der Waals surface area contributed by atoms with Gasteiger partial charge in [0.2, 0.25) is 10.0 Å². The first kappa shape index (κ1) is 25.4. The molecular weight excluding hydrogens is 492 g/mol. The van der Waals surface area contributed by atoms with Crippen molar-refractivity contribution >= 4 is 21.7 Å². The summed E-state index contributed by atoms with van der Waals surface area (Å²) in [6, 6.07) is 19.9. The minimum Gasteiger partial charge on any atom is -0.457 e. The van der Waals surface area contributed by atoms with Crippen LogP contribution in [0, 0.1) is 0 Å². The molecule has 10 nitrogen and oxygen atoms in total. The van der Waals surface area contributed by atoms with Crippen LogP contribution in [-0.4, -0.2) is 98.4 Å². The van der Waals surface area contributed by atoms with E-state index in [1.807, 2.05) is 42.5 Å². The zero-order chi connectivity index (χ0) is 25.7. The van der Waals surface area contributed by atoms with Crippen molar-refractivity contribution in [1.82, 2.24) is 19.4 Å². The fraction of sp³-hybridized carbons (Fsp3) is 0.385. The van der Waals surface area contributed by atoms with Gasteiger partial charge >= 0.3 is 0 Å². The van der Waals surface area contributed by atoms with Gasteiger partial charge in [-0.25, -0.2) is 8.42 Å². The molecule has 2 aliphatic rings. The van der Waals surface area contributed by atoms with Crippen LogP contribution in [0.4, 0.5) is 11.6 Å². The molecule has 0 saturated carbocycles. The number of aliphatic hydroxyl groups is 1. The molecule has 0 atom stereocenters. The molecule has 11 heteroatoms. The van der Waals surface area contributed by atoms with Crippen molar-refractivity contribution in [2.45, 2.75) is 4.90 Å². The number of piperazine rings is 2. The van der Waals surface area contributed by atoms with Gasteiger partial charge in [-0.3, -0.25) is 4.90 Å². The second-order valence-electron chi connectivity index (χ2n) is 9.08. The van der Waals surface area contributed by atoms with Crippen molar-refractivity contribution in [3.8, 4) is 11.5 Å². The van der Waals surface area contributed by atoms with E-state index < -0.39 is 10.0 Å². The Morgan fingerprint density at radius 2 is 1.24 bits per heavy atom. The number of sulfonamides is 1. The molecule has 0 aliphatic carbocycles. The third-order valence-electron chi connectivity index (χ3n) is 6.75. The van der Waals surface area contributed by atoms with Gasteiger partial charge in [-0.1, -0.05) is 18.2 Å². The van der Waals surface area contributed by atoms with Crippen LogP contribution in [-0.2, 0) is 10.0 Å². The average Bonchev–Trinajstić information content (AvgIpc) is 2.95. The lowest BCUT2D eigenvalue weighted by Crippen LogP contribution is -2.49. The minimum atomic E-state index is -3.60. The van der Waals surface area contributed by atoms with Gasteiger partial charge in [0.15, 0.2) is 11.6 Å². The Bertz CT molecular complexity index is 1240. The first-order valence-corrected chi connectivity index (χ1v) is 14.0. The summed E-state index contributed by atoms with van der Waals surface area (Å²) >= 11 is 0. The van der Waals surface area contributed by atoms with E-state index in [2.05, 4.69) is 24.9 Å². The normalized spacial score (nSPS) is 17.6. The maximum absolute atomic E-state index is 13.2. The van der Waals surface area contributed by atoms with Crippen molar-refractivity contribution in [2.24, 2.45) is 0 Å². The van der Waals surface area contributed by atoms with Gasteiger partial charge in [-0.2, -0.15) is 4.31 Å². The second kappa shape index (κ2) is 11.4. The van der Waals surface area contributed by atoms with Gasteiger partial charge in [0.25, 0.3) is 0 Å². The monoisotopic (exact) mass is 524 g/mol. The summed E-state index contributed by atoms with van der Waals surface area (Å²) in [5.41, 5.74) is 0. The Balaban J connectivity index is 1.15. The molecule has 2 aromatic carbocycles. The summed E-state index contributed by atoms with van der Waals surface area (Å²) in [4.78, 5) is 6.76. The average molecular weight is 525 g/mol. The molecule has 5 rings (SSSR count). The van der Waals surface area contributed by atoms with Crippen LogP contribution < -0.4 is 14.5 Å². The zero-order valence-corrected chi connectivity index (χ0v) is 21.5. The van der Waals surface area contributed by atoms with Crippen molar-refractivity contribution in [3.63, 3.8) is 0 Å². The molecule has 196 valence electrons. The number of para-hydroxylation sites is 1. The first-order chi connectivity index (χ1) is 18.0. The summed E-state index contributed by atoms with van der Waals surface area (Å²) < 4.78 is 33.7. The number of aromatic nitrogens is 2. The van der Waals surface area contributed by atoms with E-state index in [1.54, 1.807) is 24.3 Å². The molecule has 0 unspecified atom stereocenters. The lowest BCUT2D eigenvalue weighted by Gasteiger charge is -2.36. The van der Waals surface area contributed by atoms with Crippen molar-refractivity contribution in [1.29, 1.82) is 0 Å². The maximum Gasteiger partial charge on any atom is 0.243 e. The number of β-amino-alcohol motifs (C(OH)–C–C–N with tert-alkyl or cyclic N) is 1. The molecule has 2 aliphatic heterocycles. The quantitative estimate of drug-likeness (QED) is 0.473. The minimum absolute atomic E-state index is 0.180.